The highest BCUT2D eigenvalue weighted by Crippen LogP contribution is 2.28. The molecule has 0 aliphatic carbocycles. The van der Waals surface area contributed by atoms with Crippen LogP contribution in [-0.4, -0.2) is 33.5 Å². The van der Waals surface area contributed by atoms with Crippen molar-refractivity contribution in [1.29, 1.82) is 0 Å². The second-order valence-electron chi connectivity index (χ2n) is 6.10. The molecule has 0 spiro atoms. The van der Waals surface area contributed by atoms with Crippen LogP contribution in [0.2, 0.25) is 0 Å². The fraction of sp³-hybridized carbons (Fsp3) is 0.211. The van der Waals surface area contributed by atoms with Crippen molar-refractivity contribution in [2.75, 3.05) is 16.4 Å². The number of anilines is 2. The SMILES string of the molecule is CC(=O)Nc1ccc(C(=O)CSc2nnc(-c3ccoc3C)o2)c(NC(C)=O)c1. The number of ketones is 1. The van der Waals surface area contributed by atoms with E-state index in [9.17, 15) is 14.4 Å². The van der Waals surface area contributed by atoms with Crippen molar-refractivity contribution >= 4 is 40.7 Å². The van der Waals surface area contributed by atoms with Gasteiger partial charge in [0.1, 0.15) is 5.76 Å². The van der Waals surface area contributed by atoms with Gasteiger partial charge in [-0.25, -0.2) is 0 Å². The zero-order chi connectivity index (χ0) is 21.0. The summed E-state index contributed by atoms with van der Waals surface area (Å²) in [6.07, 6.45) is 1.53. The summed E-state index contributed by atoms with van der Waals surface area (Å²) in [6, 6.07) is 6.40. The Morgan fingerprint density at radius 1 is 1.07 bits per heavy atom. The van der Waals surface area contributed by atoms with Crippen molar-refractivity contribution in [3.05, 3.63) is 41.9 Å². The van der Waals surface area contributed by atoms with Gasteiger partial charge in [-0.2, -0.15) is 0 Å². The Balaban J connectivity index is 1.73. The highest BCUT2D eigenvalue weighted by Gasteiger charge is 2.17. The lowest BCUT2D eigenvalue weighted by Gasteiger charge is -2.11. The van der Waals surface area contributed by atoms with E-state index in [0.29, 0.717) is 34.2 Å². The molecule has 0 unspecified atom stereocenters. The molecule has 2 aromatic heterocycles. The van der Waals surface area contributed by atoms with Gasteiger partial charge in [0.05, 0.1) is 23.3 Å². The molecule has 9 nitrogen and oxygen atoms in total. The number of furan rings is 1. The molecule has 0 aliphatic rings. The van der Waals surface area contributed by atoms with Crippen LogP contribution in [0.5, 0.6) is 0 Å². The van der Waals surface area contributed by atoms with Crippen LogP contribution < -0.4 is 10.6 Å². The first kappa shape index (κ1) is 20.3. The number of nitrogens with zero attached hydrogens (tertiary/aromatic N) is 2. The number of benzene rings is 1. The summed E-state index contributed by atoms with van der Waals surface area (Å²) in [5, 5.41) is 13.4. The minimum Gasteiger partial charge on any atom is -0.469 e. The van der Waals surface area contributed by atoms with Crippen LogP contribution >= 0.6 is 11.8 Å². The molecule has 0 aliphatic heterocycles. The van der Waals surface area contributed by atoms with Crippen molar-refractivity contribution in [3.8, 4) is 11.5 Å². The molecule has 29 heavy (non-hydrogen) atoms. The first-order valence-corrected chi connectivity index (χ1v) is 9.55. The number of hydrogen-bond acceptors (Lipinski definition) is 8. The third-order valence-corrected chi connectivity index (χ3v) is 4.59. The summed E-state index contributed by atoms with van der Waals surface area (Å²) >= 11 is 1.09. The lowest BCUT2D eigenvalue weighted by atomic mass is 10.1. The normalized spacial score (nSPS) is 10.6. The zero-order valence-electron chi connectivity index (χ0n) is 15.9. The van der Waals surface area contributed by atoms with Crippen LogP contribution in [0, 0.1) is 6.92 Å². The molecule has 0 bridgehead atoms. The molecule has 0 radical (unpaired) electrons. The lowest BCUT2D eigenvalue weighted by Crippen LogP contribution is -2.14. The topological polar surface area (TPSA) is 127 Å². The summed E-state index contributed by atoms with van der Waals surface area (Å²) in [7, 11) is 0. The van der Waals surface area contributed by atoms with Crippen LogP contribution in [0.3, 0.4) is 0 Å². The molecule has 0 saturated carbocycles. The highest BCUT2D eigenvalue weighted by atomic mass is 32.2. The molecular formula is C19H18N4O5S. The summed E-state index contributed by atoms with van der Waals surface area (Å²) in [5.74, 6) is 0.160. The number of carbonyl (C=O) groups is 3. The standard InChI is InChI=1S/C19H18N4O5S/c1-10-14(6-7-27-10)18-22-23-19(28-18)29-9-17(26)15-5-4-13(20-11(2)24)8-16(15)21-12(3)25/h4-8H,9H2,1-3H3,(H,20,24)(H,21,25). The Kier molecular flexibility index (Phi) is 6.13. The summed E-state index contributed by atoms with van der Waals surface area (Å²) in [5.41, 5.74) is 1.79. The molecular weight excluding hydrogens is 396 g/mol. The number of aryl methyl sites for hydroxylation is 1. The molecule has 1 aromatic carbocycles. The van der Waals surface area contributed by atoms with Gasteiger partial charge < -0.3 is 19.5 Å². The molecule has 0 atom stereocenters. The predicted octanol–water partition coefficient (Wildman–Crippen LogP) is 3.53. The molecule has 0 saturated heterocycles. The van der Waals surface area contributed by atoms with Gasteiger partial charge in [-0.15, -0.1) is 10.2 Å². The number of nitrogens with one attached hydrogen (secondary N) is 2. The molecule has 2 amide bonds. The zero-order valence-corrected chi connectivity index (χ0v) is 16.8. The van der Waals surface area contributed by atoms with Gasteiger partial charge in [0.15, 0.2) is 5.78 Å². The van der Waals surface area contributed by atoms with E-state index in [4.69, 9.17) is 8.83 Å². The van der Waals surface area contributed by atoms with Crippen molar-refractivity contribution < 1.29 is 23.2 Å². The third-order valence-electron chi connectivity index (χ3n) is 3.77. The molecule has 3 rings (SSSR count). The largest absolute Gasteiger partial charge is 0.469 e. The summed E-state index contributed by atoms with van der Waals surface area (Å²) in [6.45, 7) is 4.49. The highest BCUT2D eigenvalue weighted by molar-refractivity contribution is 7.99. The Bertz CT molecular complexity index is 1070. The predicted molar refractivity (Wildman–Crippen MR) is 107 cm³/mol. The first-order valence-electron chi connectivity index (χ1n) is 8.56. The molecule has 3 aromatic rings. The van der Waals surface area contributed by atoms with E-state index in [1.165, 1.54) is 26.2 Å². The van der Waals surface area contributed by atoms with E-state index in [2.05, 4.69) is 20.8 Å². The van der Waals surface area contributed by atoms with Crippen molar-refractivity contribution in [3.63, 3.8) is 0 Å². The van der Waals surface area contributed by atoms with Crippen molar-refractivity contribution in [2.45, 2.75) is 26.0 Å². The first-order chi connectivity index (χ1) is 13.8. The number of thioether (sulfide) groups is 1. The van der Waals surface area contributed by atoms with E-state index in [-0.39, 0.29) is 28.6 Å². The Morgan fingerprint density at radius 3 is 2.48 bits per heavy atom. The average molecular weight is 414 g/mol. The maximum Gasteiger partial charge on any atom is 0.277 e. The molecule has 10 heteroatoms. The van der Waals surface area contributed by atoms with Crippen LogP contribution in [0.4, 0.5) is 11.4 Å². The Hall–Kier alpha value is -3.40. The Morgan fingerprint density at radius 2 is 1.83 bits per heavy atom. The second-order valence-corrected chi connectivity index (χ2v) is 7.02. The maximum absolute atomic E-state index is 12.7. The minimum atomic E-state index is -0.330. The van der Waals surface area contributed by atoms with E-state index < -0.39 is 0 Å². The smallest absolute Gasteiger partial charge is 0.277 e. The van der Waals surface area contributed by atoms with E-state index in [1.807, 2.05) is 0 Å². The molecule has 2 N–H and O–H groups in total. The lowest BCUT2D eigenvalue weighted by molar-refractivity contribution is -0.115. The number of amides is 2. The van der Waals surface area contributed by atoms with Gasteiger partial charge in [0.25, 0.3) is 11.1 Å². The van der Waals surface area contributed by atoms with E-state index in [0.717, 1.165) is 11.8 Å². The quantitative estimate of drug-likeness (QED) is 0.444. The van der Waals surface area contributed by atoms with Gasteiger partial charge in [-0.1, -0.05) is 11.8 Å². The summed E-state index contributed by atoms with van der Waals surface area (Å²) < 4.78 is 10.8. The van der Waals surface area contributed by atoms with Gasteiger partial charge in [0, 0.05) is 25.1 Å². The van der Waals surface area contributed by atoms with Gasteiger partial charge in [-0.3, -0.25) is 14.4 Å². The van der Waals surface area contributed by atoms with Crippen LogP contribution in [0.15, 0.2) is 44.6 Å². The van der Waals surface area contributed by atoms with Crippen molar-refractivity contribution in [2.24, 2.45) is 0 Å². The Labute approximate surface area is 170 Å². The van der Waals surface area contributed by atoms with Crippen molar-refractivity contribution in [1.82, 2.24) is 10.2 Å². The van der Waals surface area contributed by atoms with Crippen LogP contribution in [0.25, 0.3) is 11.5 Å². The molecule has 0 fully saturated rings. The fourth-order valence-electron chi connectivity index (χ4n) is 2.55. The molecule has 2 heterocycles. The monoisotopic (exact) mass is 414 g/mol. The number of aromatic nitrogens is 2. The fourth-order valence-corrected chi connectivity index (χ4v) is 3.20. The average Bonchev–Trinajstić information content (AvgIpc) is 3.27. The third kappa shape index (κ3) is 5.11. The number of hydrogen-bond donors (Lipinski definition) is 2. The van der Waals surface area contributed by atoms with Gasteiger partial charge in [0.2, 0.25) is 11.8 Å². The van der Waals surface area contributed by atoms with Crippen LogP contribution in [-0.2, 0) is 9.59 Å². The second kappa shape index (κ2) is 8.74. The number of rotatable bonds is 7. The number of carbonyl (C=O) groups excluding carboxylic acids is 3. The van der Waals surface area contributed by atoms with E-state index >= 15 is 0 Å². The number of Topliss-reactive ketones (excluding diaryl/α,β-unsaturated/α-hetero) is 1. The van der Waals surface area contributed by atoms with Gasteiger partial charge >= 0.3 is 0 Å². The van der Waals surface area contributed by atoms with Gasteiger partial charge in [-0.05, 0) is 31.2 Å². The summed E-state index contributed by atoms with van der Waals surface area (Å²) in [4.78, 5) is 35.4. The molecule has 150 valence electrons. The van der Waals surface area contributed by atoms with Crippen LogP contribution in [0.1, 0.15) is 30.0 Å². The minimum absolute atomic E-state index is 0.0259. The maximum atomic E-state index is 12.7. The van der Waals surface area contributed by atoms with E-state index in [1.54, 1.807) is 25.1 Å².